The number of azo groups is 1. The molecule has 2 aromatic carbocycles. The van der Waals surface area contributed by atoms with Gasteiger partial charge < -0.3 is 14.9 Å². The number of nitrogens with zero attached hydrogens (tertiary/aromatic N) is 2. The molecule has 3 rings (SSSR count). The number of hydrogen-bond donors (Lipinski definition) is 2. The van der Waals surface area contributed by atoms with E-state index < -0.39 is 17.6 Å². The van der Waals surface area contributed by atoms with Crippen molar-refractivity contribution in [1.82, 2.24) is 0 Å². The summed E-state index contributed by atoms with van der Waals surface area (Å²) in [5.74, 6) is -0.644. The summed E-state index contributed by atoms with van der Waals surface area (Å²) in [6, 6.07) is 12.7. The minimum atomic E-state index is -2.15. The van der Waals surface area contributed by atoms with E-state index >= 15 is 0 Å². The summed E-state index contributed by atoms with van der Waals surface area (Å²) < 4.78 is 5.36. The van der Waals surface area contributed by atoms with Crippen molar-refractivity contribution >= 4 is 17.7 Å². The number of carboxylic acid groups (broad SMARTS) is 1. The molecule has 0 saturated heterocycles. The maximum absolute atomic E-state index is 11.8. The number of ether oxygens (including phenoxy) is 1. The summed E-state index contributed by atoms with van der Waals surface area (Å²) in [5.41, 5.74) is -0.649. The number of carbonyl (C=O) groups is 1. The van der Waals surface area contributed by atoms with Gasteiger partial charge in [0.25, 0.3) is 0 Å². The van der Waals surface area contributed by atoms with Gasteiger partial charge in [0.05, 0.1) is 12.3 Å². The molecule has 0 aliphatic heterocycles. The molecule has 1 aliphatic rings. The van der Waals surface area contributed by atoms with Crippen molar-refractivity contribution in [2.45, 2.75) is 18.6 Å². The molecular weight excluding hydrogens is 320 g/mol. The second kappa shape index (κ2) is 6.86. The summed E-state index contributed by atoms with van der Waals surface area (Å²) in [5, 5.41) is 28.6. The molecule has 0 heterocycles. The quantitative estimate of drug-likeness (QED) is 0.816. The number of benzene rings is 2. The zero-order valence-electron chi connectivity index (χ0n) is 13.7. The standard InChI is InChI=1S/C19H18N2O4/c1-2-25-15-10-8-14(9-11-15)20-21-17-12-7-13-5-3-4-6-16(13)19(17,24)18(22)23/h3-12,17,24H,2H2,1H3,(H,22,23). The van der Waals surface area contributed by atoms with Crippen LogP contribution in [-0.4, -0.2) is 28.8 Å². The Morgan fingerprint density at radius 1 is 1.20 bits per heavy atom. The van der Waals surface area contributed by atoms with Crippen molar-refractivity contribution in [2.75, 3.05) is 6.61 Å². The van der Waals surface area contributed by atoms with Crippen LogP contribution in [0.3, 0.4) is 0 Å². The smallest absolute Gasteiger partial charge is 0.343 e. The number of aliphatic hydroxyl groups is 1. The summed E-state index contributed by atoms with van der Waals surface area (Å²) in [7, 11) is 0. The summed E-state index contributed by atoms with van der Waals surface area (Å²) in [4.78, 5) is 11.8. The first kappa shape index (κ1) is 16.9. The van der Waals surface area contributed by atoms with Gasteiger partial charge in [0, 0.05) is 5.56 Å². The first-order valence-corrected chi connectivity index (χ1v) is 7.93. The minimum Gasteiger partial charge on any atom is -0.494 e. The molecule has 0 spiro atoms. The van der Waals surface area contributed by atoms with Crippen LogP contribution < -0.4 is 4.74 Å². The molecule has 0 fully saturated rings. The Balaban J connectivity index is 1.90. The van der Waals surface area contributed by atoms with Crippen molar-refractivity contribution in [3.63, 3.8) is 0 Å². The van der Waals surface area contributed by atoms with Gasteiger partial charge in [0.15, 0.2) is 0 Å². The Morgan fingerprint density at radius 2 is 1.92 bits per heavy atom. The molecule has 2 unspecified atom stereocenters. The van der Waals surface area contributed by atoms with E-state index in [1.54, 1.807) is 60.7 Å². The molecule has 25 heavy (non-hydrogen) atoms. The van der Waals surface area contributed by atoms with Crippen molar-refractivity contribution in [3.8, 4) is 5.75 Å². The van der Waals surface area contributed by atoms with Crippen LogP contribution in [0.4, 0.5) is 5.69 Å². The third kappa shape index (κ3) is 3.16. The third-order valence-electron chi connectivity index (χ3n) is 4.03. The zero-order valence-corrected chi connectivity index (χ0v) is 13.7. The van der Waals surface area contributed by atoms with Gasteiger partial charge in [-0.15, -0.1) is 0 Å². The number of aliphatic carboxylic acids is 1. The molecule has 0 radical (unpaired) electrons. The van der Waals surface area contributed by atoms with E-state index in [1.807, 2.05) is 6.92 Å². The highest BCUT2D eigenvalue weighted by atomic mass is 16.5. The zero-order chi connectivity index (χ0) is 17.9. The second-order valence-electron chi connectivity index (χ2n) is 5.61. The lowest BCUT2D eigenvalue weighted by atomic mass is 9.80. The number of fused-ring (bicyclic) bond motifs is 1. The van der Waals surface area contributed by atoms with Gasteiger partial charge in [-0.05, 0) is 36.8 Å². The topological polar surface area (TPSA) is 91.5 Å². The van der Waals surface area contributed by atoms with E-state index in [0.29, 0.717) is 23.4 Å². The lowest BCUT2D eigenvalue weighted by Crippen LogP contribution is -2.46. The molecule has 0 bridgehead atoms. The van der Waals surface area contributed by atoms with Gasteiger partial charge in [-0.25, -0.2) is 4.79 Å². The van der Waals surface area contributed by atoms with E-state index in [1.165, 1.54) is 0 Å². The van der Waals surface area contributed by atoms with Crippen molar-refractivity contribution in [1.29, 1.82) is 0 Å². The van der Waals surface area contributed by atoms with Gasteiger partial charge in [-0.1, -0.05) is 36.4 Å². The van der Waals surface area contributed by atoms with Gasteiger partial charge in [-0.2, -0.15) is 10.2 Å². The van der Waals surface area contributed by atoms with Crippen LogP contribution in [0.25, 0.3) is 6.08 Å². The average molecular weight is 338 g/mol. The molecule has 6 heteroatoms. The summed E-state index contributed by atoms with van der Waals surface area (Å²) >= 11 is 0. The largest absolute Gasteiger partial charge is 0.494 e. The lowest BCUT2D eigenvalue weighted by Gasteiger charge is -2.31. The molecule has 1 aliphatic carbocycles. The molecule has 2 atom stereocenters. The summed E-state index contributed by atoms with van der Waals surface area (Å²) in [6.07, 6.45) is 3.29. The third-order valence-corrected chi connectivity index (χ3v) is 4.03. The van der Waals surface area contributed by atoms with Crippen LogP contribution >= 0.6 is 0 Å². The number of carboxylic acids is 1. The fourth-order valence-electron chi connectivity index (χ4n) is 2.75. The highest BCUT2D eigenvalue weighted by Gasteiger charge is 2.48. The molecule has 0 amide bonds. The van der Waals surface area contributed by atoms with E-state index in [4.69, 9.17) is 4.74 Å². The molecule has 0 aromatic heterocycles. The Morgan fingerprint density at radius 3 is 2.60 bits per heavy atom. The first-order chi connectivity index (χ1) is 12.1. The monoisotopic (exact) mass is 338 g/mol. The summed E-state index contributed by atoms with van der Waals surface area (Å²) in [6.45, 7) is 2.46. The van der Waals surface area contributed by atoms with Crippen LogP contribution in [0.15, 0.2) is 64.8 Å². The highest BCUT2D eigenvalue weighted by Crippen LogP contribution is 2.36. The van der Waals surface area contributed by atoms with E-state index in [2.05, 4.69) is 10.2 Å². The van der Waals surface area contributed by atoms with Gasteiger partial charge in [-0.3, -0.25) is 0 Å². The maximum Gasteiger partial charge on any atom is 0.343 e. The predicted molar refractivity (Wildman–Crippen MR) is 92.9 cm³/mol. The van der Waals surface area contributed by atoms with E-state index in [9.17, 15) is 15.0 Å². The average Bonchev–Trinajstić information content (AvgIpc) is 2.63. The van der Waals surface area contributed by atoms with Crippen molar-refractivity contribution < 1.29 is 19.7 Å². The first-order valence-electron chi connectivity index (χ1n) is 7.93. The van der Waals surface area contributed by atoms with Crippen LogP contribution in [0.2, 0.25) is 0 Å². The molecule has 0 saturated carbocycles. The number of hydrogen-bond acceptors (Lipinski definition) is 5. The highest BCUT2D eigenvalue weighted by molar-refractivity contribution is 5.84. The lowest BCUT2D eigenvalue weighted by molar-refractivity contribution is -0.161. The molecule has 6 nitrogen and oxygen atoms in total. The molecule has 2 aromatic rings. The van der Waals surface area contributed by atoms with Crippen molar-refractivity contribution in [2.24, 2.45) is 10.2 Å². The van der Waals surface area contributed by atoms with Crippen LogP contribution in [0, 0.1) is 0 Å². The molecule has 2 N–H and O–H groups in total. The van der Waals surface area contributed by atoms with E-state index in [0.717, 1.165) is 5.75 Å². The Bertz CT molecular complexity index is 830. The fraction of sp³-hybridized carbons (Fsp3) is 0.211. The normalized spacial score (nSPS) is 21.9. The predicted octanol–water partition coefficient (Wildman–Crippen LogP) is 3.54. The Kier molecular flexibility index (Phi) is 4.63. The van der Waals surface area contributed by atoms with Gasteiger partial charge in [0.1, 0.15) is 11.8 Å². The van der Waals surface area contributed by atoms with Crippen molar-refractivity contribution in [3.05, 3.63) is 65.7 Å². The second-order valence-corrected chi connectivity index (χ2v) is 5.61. The maximum atomic E-state index is 11.8. The Hall–Kier alpha value is -2.99. The SMILES string of the molecule is CCOc1ccc(N=NC2C=Cc3ccccc3C2(O)C(=O)O)cc1. The van der Waals surface area contributed by atoms with Crippen LogP contribution in [0.1, 0.15) is 18.1 Å². The van der Waals surface area contributed by atoms with Gasteiger partial charge in [0.2, 0.25) is 5.60 Å². The van der Waals surface area contributed by atoms with Crippen LogP contribution in [-0.2, 0) is 10.4 Å². The van der Waals surface area contributed by atoms with Crippen LogP contribution in [0.5, 0.6) is 5.75 Å². The molecular formula is C19H18N2O4. The van der Waals surface area contributed by atoms with Gasteiger partial charge >= 0.3 is 5.97 Å². The minimum absolute atomic E-state index is 0.306. The molecule has 128 valence electrons. The Labute approximate surface area is 145 Å². The number of rotatable bonds is 5. The fourth-order valence-corrected chi connectivity index (χ4v) is 2.75. The van der Waals surface area contributed by atoms with E-state index in [-0.39, 0.29) is 0 Å².